The summed E-state index contributed by atoms with van der Waals surface area (Å²) in [6.45, 7) is 1.09. The van der Waals surface area contributed by atoms with Gasteiger partial charge in [-0.2, -0.15) is 0 Å². The van der Waals surface area contributed by atoms with Gasteiger partial charge in [-0.05, 0) is 42.9 Å². The molecule has 0 aliphatic carbocycles. The Morgan fingerprint density at radius 2 is 1.79 bits per heavy atom. The second kappa shape index (κ2) is 10.4. The highest BCUT2D eigenvalue weighted by Gasteiger charge is 2.19. The standard InChI is InChI=1S/C23H25N3O5S.ClH/c1-24-32(29,30)23-12-15(6-9-21(23)27)22(28)14-25-10-11-31-16-7-8-18-17-4-2-3-5-19(17)26-20(18)13-16;/h2-9,12-13,22,24-28H,10-11,14H2,1H3;1H. The van der Waals surface area contributed by atoms with Gasteiger partial charge in [-0.15, -0.1) is 12.4 Å². The van der Waals surface area contributed by atoms with E-state index >= 15 is 0 Å². The topological polar surface area (TPSA) is 124 Å². The highest BCUT2D eigenvalue weighted by molar-refractivity contribution is 7.89. The Balaban J connectivity index is 0.00000306. The van der Waals surface area contributed by atoms with Crippen molar-refractivity contribution in [1.29, 1.82) is 0 Å². The van der Waals surface area contributed by atoms with Crippen LogP contribution in [0.4, 0.5) is 0 Å². The Hall–Kier alpha value is -2.82. The molecule has 0 aliphatic heterocycles. The number of hydrogen-bond acceptors (Lipinski definition) is 6. The molecule has 1 unspecified atom stereocenters. The first-order valence-electron chi connectivity index (χ1n) is 10.2. The molecule has 1 aromatic heterocycles. The zero-order valence-corrected chi connectivity index (χ0v) is 19.5. The second-order valence-electron chi connectivity index (χ2n) is 7.38. The van der Waals surface area contributed by atoms with Crippen LogP contribution >= 0.6 is 12.4 Å². The number of halogens is 1. The SMILES string of the molecule is CNS(=O)(=O)c1cc(C(O)CNCCOc2ccc3c(c2)[nH]c2ccccc23)ccc1O.Cl. The van der Waals surface area contributed by atoms with E-state index in [1.54, 1.807) is 0 Å². The summed E-state index contributed by atoms with van der Waals surface area (Å²) >= 11 is 0. The second-order valence-corrected chi connectivity index (χ2v) is 9.24. The molecule has 4 rings (SSSR count). The zero-order chi connectivity index (χ0) is 22.7. The number of H-pyrrole nitrogens is 1. The highest BCUT2D eigenvalue weighted by atomic mass is 35.5. The fourth-order valence-corrected chi connectivity index (χ4v) is 4.44. The number of aromatic hydroxyl groups is 1. The van der Waals surface area contributed by atoms with Crippen molar-refractivity contribution in [2.45, 2.75) is 11.0 Å². The maximum absolute atomic E-state index is 12.0. The first-order valence-corrected chi connectivity index (χ1v) is 11.7. The Morgan fingerprint density at radius 3 is 2.58 bits per heavy atom. The van der Waals surface area contributed by atoms with Gasteiger partial charge in [0.15, 0.2) is 0 Å². The van der Waals surface area contributed by atoms with Crippen LogP contribution in [0.15, 0.2) is 65.6 Å². The molecule has 10 heteroatoms. The van der Waals surface area contributed by atoms with Crippen molar-refractivity contribution < 1.29 is 23.4 Å². The number of ether oxygens (including phenoxy) is 1. The molecule has 0 saturated heterocycles. The summed E-state index contributed by atoms with van der Waals surface area (Å²) < 4.78 is 31.9. The number of aliphatic hydroxyl groups is 1. The summed E-state index contributed by atoms with van der Waals surface area (Å²) in [7, 11) is -2.56. The highest BCUT2D eigenvalue weighted by Crippen LogP contribution is 2.28. The first-order chi connectivity index (χ1) is 15.4. The van der Waals surface area contributed by atoms with Gasteiger partial charge in [0, 0.05) is 35.4 Å². The molecule has 0 amide bonds. The van der Waals surface area contributed by atoms with E-state index in [1.807, 2.05) is 36.4 Å². The molecule has 8 nitrogen and oxygen atoms in total. The Labute approximate surface area is 198 Å². The minimum absolute atomic E-state index is 0. The van der Waals surface area contributed by atoms with Crippen molar-refractivity contribution in [3.05, 3.63) is 66.2 Å². The van der Waals surface area contributed by atoms with Gasteiger partial charge in [0.25, 0.3) is 0 Å². The summed E-state index contributed by atoms with van der Waals surface area (Å²) in [4.78, 5) is 3.11. The molecule has 0 spiro atoms. The van der Waals surface area contributed by atoms with Crippen LogP contribution in [0.2, 0.25) is 0 Å². The fourth-order valence-electron chi connectivity index (χ4n) is 3.58. The van der Waals surface area contributed by atoms with Gasteiger partial charge >= 0.3 is 0 Å². The molecule has 0 aliphatic rings. The molecule has 0 bridgehead atoms. The van der Waals surface area contributed by atoms with Crippen molar-refractivity contribution in [3.63, 3.8) is 0 Å². The lowest BCUT2D eigenvalue weighted by Gasteiger charge is -2.14. The summed E-state index contributed by atoms with van der Waals surface area (Å²) in [5.74, 6) is 0.371. The van der Waals surface area contributed by atoms with Gasteiger partial charge in [-0.3, -0.25) is 0 Å². The zero-order valence-electron chi connectivity index (χ0n) is 17.9. The molecule has 0 saturated carbocycles. The minimum atomic E-state index is -3.82. The lowest BCUT2D eigenvalue weighted by atomic mass is 10.1. The Bertz CT molecular complexity index is 1360. The first kappa shape index (κ1) is 24.8. The van der Waals surface area contributed by atoms with Gasteiger partial charge in [0.05, 0.1) is 11.6 Å². The van der Waals surface area contributed by atoms with Gasteiger partial charge in [0.2, 0.25) is 10.0 Å². The lowest BCUT2D eigenvalue weighted by Crippen LogP contribution is -2.26. The van der Waals surface area contributed by atoms with Gasteiger partial charge in [-0.25, -0.2) is 13.1 Å². The number of rotatable bonds is 9. The van der Waals surface area contributed by atoms with Crippen LogP contribution in [-0.4, -0.2) is 50.4 Å². The van der Waals surface area contributed by atoms with E-state index < -0.39 is 16.1 Å². The van der Waals surface area contributed by atoms with Gasteiger partial charge in [-0.1, -0.05) is 24.3 Å². The number of nitrogens with one attached hydrogen (secondary N) is 3. The van der Waals surface area contributed by atoms with E-state index in [-0.39, 0.29) is 29.6 Å². The molecule has 3 aromatic carbocycles. The molecule has 4 aromatic rings. The predicted octanol–water partition coefficient (Wildman–Crippen LogP) is 3.06. The third-order valence-electron chi connectivity index (χ3n) is 5.29. The predicted molar refractivity (Wildman–Crippen MR) is 131 cm³/mol. The molecule has 176 valence electrons. The molecular weight excluding hydrogens is 466 g/mol. The number of aromatic nitrogens is 1. The number of aromatic amines is 1. The molecule has 33 heavy (non-hydrogen) atoms. The molecule has 1 atom stereocenters. The summed E-state index contributed by atoms with van der Waals surface area (Å²) in [5.41, 5.74) is 2.47. The Morgan fingerprint density at radius 1 is 1.03 bits per heavy atom. The number of fused-ring (bicyclic) bond motifs is 3. The normalized spacial score (nSPS) is 12.5. The van der Waals surface area contributed by atoms with Crippen LogP contribution in [0, 0.1) is 0 Å². The number of para-hydroxylation sites is 1. The van der Waals surface area contributed by atoms with Crippen molar-refractivity contribution in [2.75, 3.05) is 26.7 Å². The number of aliphatic hydroxyl groups excluding tert-OH is 1. The van der Waals surface area contributed by atoms with E-state index in [1.165, 1.54) is 30.6 Å². The number of sulfonamides is 1. The number of phenolic OH excluding ortho intramolecular Hbond substituents is 1. The average molecular weight is 492 g/mol. The van der Waals surface area contributed by atoms with Crippen LogP contribution in [0.25, 0.3) is 21.8 Å². The van der Waals surface area contributed by atoms with Gasteiger partial charge < -0.3 is 25.3 Å². The number of benzene rings is 3. The lowest BCUT2D eigenvalue weighted by molar-refractivity contribution is 0.171. The maximum atomic E-state index is 12.0. The molecule has 0 radical (unpaired) electrons. The van der Waals surface area contributed by atoms with Crippen molar-refractivity contribution in [3.8, 4) is 11.5 Å². The van der Waals surface area contributed by atoms with Crippen LogP contribution in [-0.2, 0) is 10.0 Å². The molecule has 5 N–H and O–H groups in total. The monoisotopic (exact) mass is 491 g/mol. The van der Waals surface area contributed by atoms with E-state index in [0.29, 0.717) is 18.7 Å². The third kappa shape index (κ3) is 5.40. The van der Waals surface area contributed by atoms with E-state index in [2.05, 4.69) is 21.1 Å². The smallest absolute Gasteiger partial charge is 0.243 e. The largest absolute Gasteiger partial charge is 0.507 e. The molecule has 1 heterocycles. The van der Waals surface area contributed by atoms with Crippen LogP contribution in [0.1, 0.15) is 11.7 Å². The minimum Gasteiger partial charge on any atom is -0.507 e. The van der Waals surface area contributed by atoms with E-state index in [0.717, 1.165) is 22.2 Å². The van der Waals surface area contributed by atoms with Gasteiger partial charge in [0.1, 0.15) is 23.0 Å². The summed E-state index contributed by atoms with van der Waals surface area (Å²) in [6.07, 6.45) is -0.941. The van der Waals surface area contributed by atoms with Crippen LogP contribution in [0.5, 0.6) is 11.5 Å². The quantitative estimate of drug-likeness (QED) is 0.229. The van der Waals surface area contributed by atoms with Crippen molar-refractivity contribution in [2.24, 2.45) is 0 Å². The Kier molecular flexibility index (Phi) is 7.83. The van der Waals surface area contributed by atoms with Crippen LogP contribution < -0.4 is 14.8 Å². The summed E-state index contributed by atoms with van der Waals surface area (Å²) in [5, 5.41) is 25.6. The maximum Gasteiger partial charge on any atom is 0.243 e. The number of phenols is 1. The average Bonchev–Trinajstić information content (AvgIpc) is 3.16. The van der Waals surface area contributed by atoms with Crippen LogP contribution in [0.3, 0.4) is 0 Å². The summed E-state index contributed by atoms with van der Waals surface area (Å²) in [6, 6.07) is 18.1. The number of hydrogen-bond donors (Lipinski definition) is 5. The van der Waals surface area contributed by atoms with E-state index in [9.17, 15) is 18.6 Å². The van der Waals surface area contributed by atoms with E-state index in [4.69, 9.17) is 4.74 Å². The van der Waals surface area contributed by atoms with Crippen molar-refractivity contribution >= 4 is 44.2 Å². The molecular formula is C23H26ClN3O5S. The van der Waals surface area contributed by atoms with Crippen molar-refractivity contribution in [1.82, 2.24) is 15.0 Å². The third-order valence-corrected chi connectivity index (χ3v) is 6.73. The fraction of sp³-hybridized carbons (Fsp3) is 0.217. The molecule has 0 fully saturated rings.